The van der Waals surface area contributed by atoms with Gasteiger partial charge in [-0.3, -0.25) is 9.59 Å². The summed E-state index contributed by atoms with van der Waals surface area (Å²) in [6.07, 6.45) is 0. The number of benzene rings is 1. The number of amides is 2. The first-order valence-corrected chi connectivity index (χ1v) is 8.35. The van der Waals surface area contributed by atoms with Crippen LogP contribution in [0.2, 0.25) is 0 Å². The van der Waals surface area contributed by atoms with Crippen LogP contribution in [0, 0.1) is 13.8 Å². The van der Waals surface area contributed by atoms with Gasteiger partial charge in [-0.2, -0.15) is 0 Å². The Hall–Kier alpha value is -2.48. The maximum Gasteiger partial charge on any atom is 0.248 e. The Balaban J connectivity index is 1.97. The first-order chi connectivity index (χ1) is 11.4. The highest BCUT2D eigenvalue weighted by Gasteiger charge is 2.13. The second-order valence-electron chi connectivity index (χ2n) is 5.12. The van der Waals surface area contributed by atoms with Gasteiger partial charge in [0.2, 0.25) is 11.8 Å². The Morgan fingerprint density at radius 2 is 2.12 bits per heavy atom. The Bertz CT molecular complexity index is 738. The highest BCUT2D eigenvalue weighted by atomic mass is 32.2. The van der Waals surface area contributed by atoms with Crippen LogP contribution in [-0.2, 0) is 10.5 Å². The van der Waals surface area contributed by atoms with E-state index in [0.29, 0.717) is 22.8 Å². The van der Waals surface area contributed by atoms with E-state index in [1.165, 1.54) is 24.9 Å². The van der Waals surface area contributed by atoms with Crippen molar-refractivity contribution in [3.63, 3.8) is 0 Å². The van der Waals surface area contributed by atoms with E-state index in [1.54, 1.807) is 12.1 Å². The summed E-state index contributed by atoms with van der Waals surface area (Å²) in [5, 5.41) is 6.62. The highest BCUT2D eigenvalue weighted by Crippen LogP contribution is 2.26. The molecule has 2 amide bonds. The van der Waals surface area contributed by atoms with E-state index < -0.39 is 5.91 Å². The molecule has 0 bridgehead atoms. The number of primary amides is 1. The van der Waals surface area contributed by atoms with Crippen LogP contribution in [0.3, 0.4) is 0 Å². The van der Waals surface area contributed by atoms with Gasteiger partial charge in [0, 0.05) is 16.9 Å². The van der Waals surface area contributed by atoms with Gasteiger partial charge in [-0.25, -0.2) is 0 Å². The summed E-state index contributed by atoms with van der Waals surface area (Å²) in [6.45, 7) is 3.71. The summed E-state index contributed by atoms with van der Waals surface area (Å²) in [5.41, 5.74) is 7.80. The summed E-state index contributed by atoms with van der Waals surface area (Å²) in [4.78, 5) is 23.4. The van der Waals surface area contributed by atoms with Crippen LogP contribution < -0.4 is 15.8 Å². The van der Waals surface area contributed by atoms with Crippen LogP contribution in [0.25, 0.3) is 0 Å². The number of aromatic nitrogens is 1. The Morgan fingerprint density at radius 1 is 1.38 bits per heavy atom. The zero-order valence-corrected chi connectivity index (χ0v) is 14.5. The number of methoxy groups -OCH3 is 1. The van der Waals surface area contributed by atoms with Crippen molar-refractivity contribution in [1.29, 1.82) is 0 Å². The van der Waals surface area contributed by atoms with Crippen molar-refractivity contribution >= 4 is 29.3 Å². The molecule has 0 aliphatic heterocycles. The lowest BCUT2D eigenvalue weighted by molar-refractivity contribution is -0.113. The number of aryl methyl sites for hydroxylation is 2. The molecule has 0 fully saturated rings. The molecule has 0 unspecified atom stereocenters. The van der Waals surface area contributed by atoms with Gasteiger partial charge in [0.05, 0.1) is 24.2 Å². The van der Waals surface area contributed by atoms with Crippen LogP contribution in [0.4, 0.5) is 5.69 Å². The van der Waals surface area contributed by atoms with Crippen molar-refractivity contribution in [3.05, 3.63) is 40.8 Å². The number of nitrogens with zero attached hydrogens (tertiary/aromatic N) is 1. The van der Waals surface area contributed by atoms with E-state index >= 15 is 0 Å². The van der Waals surface area contributed by atoms with Gasteiger partial charge in [-0.05, 0) is 32.0 Å². The van der Waals surface area contributed by atoms with Gasteiger partial charge in [0.1, 0.15) is 11.5 Å². The van der Waals surface area contributed by atoms with Gasteiger partial charge in [0.25, 0.3) is 0 Å². The third kappa shape index (κ3) is 4.29. The second kappa shape index (κ2) is 7.87. The molecule has 1 aromatic carbocycles. The van der Waals surface area contributed by atoms with Crippen molar-refractivity contribution in [2.45, 2.75) is 19.6 Å². The quantitative estimate of drug-likeness (QED) is 0.794. The smallest absolute Gasteiger partial charge is 0.248 e. The summed E-state index contributed by atoms with van der Waals surface area (Å²) >= 11 is 1.45. The molecular weight excluding hydrogens is 330 g/mol. The minimum Gasteiger partial charge on any atom is -0.495 e. The van der Waals surface area contributed by atoms with Crippen LogP contribution in [-0.4, -0.2) is 29.8 Å². The lowest BCUT2D eigenvalue weighted by atomic mass is 10.1. The SMILES string of the molecule is COc1ccc(C(N)=O)cc1NC(=O)CSCc1c(C)noc1C. The molecule has 3 N–H and O–H groups in total. The van der Waals surface area contributed by atoms with E-state index in [-0.39, 0.29) is 11.7 Å². The third-order valence-corrected chi connectivity index (χ3v) is 4.38. The summed E-state index contributed by atoms with van der Waals surface area (Å²) < 4.78 is 10.3. The standard InChI is InChI=1S/C16H19N3O4S/c1-9-12(10(2)23-19-9)7-24-8-15(20)18-13-6-11(16(17)21)4-5-14(13)22-3/h4-6H,7-8H2,1-3H3,(H2,17,21)(H,18,20). The van der Waals surface area contributed by atoms with Gasteiger partial charge >= 0.3 is 0 Å². The van der Waals surface area contributed by atoms with E-state index in [2.05, 4.69) is 10.5 Å². The minimum atomic E-state index is -0.569. The second-order valence-corrected chi connectivity index (χ2v) is 6.11. The summed E-state index contributed by atoms with van der Waals surface area (Å²) in [7, 11) is 1.49. The van der Waals surface area contributed by atoms with Gasteiger partial charge in [-0.15, -0.1) is 11.8 Å². The summed E-state index contributed by atoms with van der Waals surface area (Å²) in [5.74, 6) is 1.33. The molecule has 0 atom stereocenters. The van der Waals surface area contributed by atoms with E-state index in [1.807, 2.05) is 13.8 Å². The maximum atomic E-state index is 12.1. The molecule has 0 saturated carbocycles. The number of carbonyl (C=O) groups is 2. The lowest BCUT2D eigenvalue weighted by Crippen LogP contribution is -2.16. The molecule has 7 nitrogen and oxygen atoms in total. The fourth-order valence-corrected chi connectivity index (χ4v) is 3.07. The third-order valence-electron chi connectivity index (χ3n) is 3.42. The van der Waals surface area contributed by atoms with Gasteiger partial charge in [-0.1, -0.05) is 5.16 Å². The molecule has 2 aromatic rings. The van der Waals surface area contributed by atoms with Crippen molar-refractivity contribution in [1.82, 2.24) is 5.16 Å². The van der Waals surface area contributed by atoms with Crippen LogP contribution in [0.5, 0.6) is 5.75 Å². The zero-order valence-electron chi connectivity index (χ0n) is 13.7. The fourth-order valence-electron chi connectivity index (χ4n) is 2.10. The van der Waals surface area contributed by atoms with E-state index in [0.717, 1.165) is 17.0 Å². The van der Waals surface area contributed by atoms with Gasteiger partial charge in [0.15, 0.2) is 0 Å². The van der Waals surface area contributed by atoms with E-state index in [9.17, 15) is 9.59 Å². The zero-order chi connectivity index (χ0) is 17.7. The van der Waals surface area contributed by atoms with Crippen LogP contribution in [0.1, 0.15) is 27.4 Å². The molecule has 8 heteroatoms. The predicted octanol–water partition coefficient (Wildman–Crippen LogP) is 2.27. The number of thioether (sulfide) groups is 1. The topological polar surface area (TPSA) is 107 Å². The number of nitrogens with two attached hydrogens (primary N) is 1. The minimum absolute atomic E-state index is 0.202. The molecule has 1 heterocycles. The molecule has 1 aromatic heterocycles. The Labute approximate surface area is 143 Å². The lowest BCUT2D eigenvalue weighted by Gasteiger charge is -2.11. The fraction of sp³-hybridized carbons (Fsp3) is 0.312. The highest BCUT2D eigenvalue weighted by molar-refractivity contribution is 7.99. The molecule has 0 aliphatic carbocycles. The Kier molecular flexibility index (Phi) is 5.86. The number of rotatable bonds is 7. The maximum absolute atomic E-state index is 12.1. The monoisotopic (exact) mass is 349 g/mol. The molecule has 0 saturated heterocycles. The molecule has 2 rings (SSSR count). The normalized spacial score (nSPS) is 10.5. The molecule has 128 valence electrons. The van der Waals surface area contributed by atoms with Crippen molar-refractivity contribution < 1.29 is 18.8 Å². The van der Waals surface area contributed by atoms with Crippen molar-refractivity contribution in [2.75, 3.05) is 18.2 Å². The first kappa shape index (κ1) is 17.9. The number of ether oxygens (including phenoxy) is 1. The van der Waals surface area contributed by atoms with Gasteiger partial charge < -0.3 is 20.3 Å². The number of hydrogen-bond donors (Lipinski definition) is 2. The van der Waals surface area contributed by atoms with Crippen molar-refractivity contribution in [2.24, 2.45) is 5.73 Å². The number of anilines is 1. The first-order valence-electron chi connectivity index (χ1n) is 7.19. The number of nitrogens with one attached hydrogen (secondary N) is 1. The largest absolute Gasteiger partial charge is 0.495 e. The molecular formula is C16H19N3O4S. The molecule has 0 spiro atoms. The van der Waals surface area contributed by atoms with Crippen molar-refractivity contribution in [3.8, 4) is 5.75 Å². The Morgan fingerprint density at radius 3 is 2.71 bits per heavy atom. The van der Waals surface area contributed by atoms with Crippen LogP contribution in [0.15, 0.2) is 22.7 Å². The average molecular weight is 349 g/mol. The molecule has 0 aliphatic rings. The van der Waals surface area contributed by atoms with Crippen LogP contribution >= 0.6 is 11.8 Å². The number of carbonyl (C=O) groups excluding carboxylic acids is 2. The average Bonchev–Trinajstić information content (AvgIpc) is 2.86. The molecule has 0 radical (unpaired) electrons. The van der Waals surface area contributed by atoms with E-state index in [4.69, 9.17) is 15.0 Å². The number of hydrogen-bond acceptors (Lipinski definition) is 6. The molecule has 24 heavy (non-hydrogen) atoms. The predicted molar refractivity (Wildman–Crippen MR) is 92.3 cm³/mol. The summed E-state index contributed by atoms with van der Waals surface area (Å²) in [6, 6.07) is 4.63.